The van der Waals surface area contributed by atoms with Crippen molar-refractivity contribution in [3.05, 3.63) is 35.4 Å². The number of hydrogen-bond donors (Lipinski definition) is 1. The van der Waals surface area contributed by atoms with Gasteiger partial charge in [0.2, 0.25) is 0 Å². The van der Waals surface area contributed by atoms with Crippen molar-refractivity contribution in [2.24, 2.45) is 11.7 Å². The zero-order valence-electron chi connectivity index (χ0n) is 7.84. The Morgan fingerprint density at radius 1 is 1.14 bits per heavy atom. The highest BCUT2D eigenvalue weighted by Gasteiger charge is 2.25. The average Bonchev–Trinajstić information content (AvgIpc) is 1.98. The van der Waals surface area contributed by atoms with Crippen LogP contribution in [0.3, 0.4) is 0 Å². The fourth-order valence-corrected chi connectivity index (χ4v) is 1.84. The van der Waals surface area contributed by atoms with Crippen LogP contribution in [0.25, 0.3) is 0 Å². The van der Waals surface area contributed by atoms with Crippen LogP contribution in [-0.4, -0.2) is 0 Å². The van der Waals surface area contributed by atoms with Crippen LogP contribution >= 0.6 is 0 Å². The van der Waals surface area contributed by atoms with E-state index < -0.39 is 11.6 Å². The maximum atomic E-state index is 12.9. The van der Waals surface area contributed by atoms with E-state index in [1.165, 1.54) is 18.6 Å². The molecule has 2 N–H and O–H groups in total. The molecule has 1 aromatic rings. The maximum absolute atomic E-state index is 12.9. The predicted octanol–water partition coefficient (Wildman–Crippen LogP) is 2.76. The topological polar surface area (TPSA) is 26.0 Å². The van der Waals surface area contributed by atoms with E-state index in [1.807, 2.05) is 0 Å². The van der Waals surface area contributed by atoms with Gasteiger partial charge in [-0.15, -0.1) is 0 Å². The molecule has 0 spiro atoms. The summed E-state index contributed by atoms with van der Waals surface area (Å²) in [5.74, 6) is -0.694. The monoisotopic (exact) mass is 197 g/mol. The summed E-state index contributed by atoms with van der Waals surface area (Å²) < 4.78 is 25.8. The second kappa shape index (κ2) is 3.65. The number of nitrogens with two attached hydrogens (primary N) is 1. The molecule has 14 heavy (non-hydrogen) atoms. The number of halogens is 2. The van der Waals surface area contributed by atoms with Crippen LogP contribution in [0.2, 0.25) is 0 Å². The fraction of sp³-hybridized carbons (Fsp3) is 0.455. The molecule has 1 aromatic carbocycles. The lowest BCUT2D eigenvalue weighted by atomic mass is 9.77. The minimum absolute atomic E-state index is 0.214. The van der Waals surface area contributed by atoms with E-state index in [0.29, 0.717) is 11.5 Å². The van der Waals surface area contributed by atoms with Crippen molar-refractivity contribution in [2.45, 2.75) is 25.3 Å². The third-order valence-electron chi connectivity index (χ3n) is 2.93. The molecule has 0 radical (unpaired) electrons. The molecule has 0 aliphatic heterocycles. The summed E-state index contributed by atoms with van der Waals surface area (Å²) in [6.07, 6.45) is 3.31. The van der Waals surface area contributed by atoms with E-state index in [1.54, 1.807) is 0 Å². The highest BCUT2D eigenvalue weighted by atomic mass is 19.1. The van der Waals surface area contributed by atoms with Crippen LogP contribution in [0.5, 0.6) is 0 Å². The van der Waals surface area contributed by atoms with Gasteiger partial charge < -0.3 is 5.73 Å². The van der Waals surface area contributed by atoms with Crippen LogP contribution in [0.4, 0.5) is 8.78 Å². The predicted molar refractivity (Wildman–Crippen MR) is 50.6 cm³/mol. The van der Waals surface area contributed by atoms with E-state index in [0.717, 1.165) is 18.9 Å². The second-order valence-electron chi connectivity index (χ2n) is 3.92. The number of benzene rings is 1. The Hall–Kier alpha value is -0.960. The van der Waals surface area contributed by atoms with Gasteiger partial charge in [0.1, 0.15) is 11.6 Å². The Labute approximate surface area is 81.9 Å². The molecule has 1 saturated carbocycles. The maximum Gasteiger partial charge on any atom is 0.126 e. The molecule has 76 valence electrons. The van der Waals surface area contributed by atoms with Crippen molar-refractivity contribution in [2.75, 3.05) is 0 Å². The minimum atomic E-state index is -0.547. The van der Waals surface area contributed by atoms with Gasteiger partial charge in [0.25, 0.3) is 0 Å². The summed E-state index contributed by atoms with van der Waals surface area (Å²) >= 11 is 0. The molecule has 0 aromatic heterocycles. The molecule has 0 bridgehead atoms. The van der Waals surface area contributed by atoms with Gasteiger partial charge in [-0.1, -0.05) is 6.42 Å². The Morgan fingerprint density at radius 2 is 1.71 bits per heavy atom. The molecule has 2 rings (SSSR count). The summed E-state index contributed by atoms with van der Waals surface area (Å²) in [6.45, 7) is 0. The third-order valence-corrected chi connectivity index (χ3v) is 2.93. The van der Waals surface area contributed by atoms with E-state index in [4.69, 9.17) is 5.73 Å². The molecule has 0 heterocycles. The molecule has 1 aliphatic carbocycles. The van der Waals surface area contributed by atoms with E-state index >= 15 is 0 Å². The number of rotatable bonds is 2. The van der Waals surface area contributed by atoms with Gasteiger partial charge >= 0.3 is 0 Å². The van der Waals surface area contributed by atoms with Gasteiger partial charge in [-0.3, -0.25) is 0 Å². The second-order valence-corrected chi connectivity index (χ2v) is 3.92. The SMILES string of the molecule is N[C@H](c1cc(F)cc(F)c1)C1CCC1. The van der Waals surface area contributed by atoms with Crippen LogP contribution in [0.1, 0.15) is 30.9 Å². The normalized spacial score (nSPS) is 19.1. The molecular formula is C11H13F2N. The van der Waals surface area contributed by atoms with E-state index in [-0.39, 0.29) is 6.04 Å². The molecular weight excluding hydrogens is 184 g/mol. The van der Waals surface area contributed by atoms with Crippen LogP contribution in [-0.2, 0) is 0 Å². The molecule has 1 aliphatic rings. The lowest BCUT2D eigenvalue weighted by Crippen LogP contribution is -2.26. The minimum Gasteiger partial charge on any atom is -0.324 e. The third kappa shape index (κ3) is 1.77. The van der Waals surface area contributed by atoms with Gasteiger partial charge in [-0.2, -0.15) is 0 Å². The van der Waals surface area contributed by atoms with Gasteiger partial charge in [-0.25, -0.2) is 8.78 Å². The van der Waals surface area contributed by atoms with Gasteiger partial charge in [-0.05, 0) is 36.5 Å². The van der Waals surface area contributed by atoms with Crippen molar-refractivity contribution in [1.82, 2.24) is 0 Å². The molecule has 0 amide bonds. The summed E-state index contributed by atoms with van der Waals surface area (Å²) in [7, 11) is 0. The highest BCUT2D eigenvalue weighted by Crippen LogP contribution is 2.36. The Kier molecular flexibility index (Phi) is 2.50. The smallest absolute Gasteiger partial charge is 0.126 e. The summed E-state index contributed by atoms with van der Waals surface area (Å²) in [5.41, 5.74) is 6.48. The zero-order chi connectivity index (χ0) is 10.1. The molecule has 1 nitrogen and oxygen atoms in total. The van der Waals surface area contributed by atoms with Gasteiger partial charge in [0, 0.05) is 12.1 Å². The summed E-state index contributed by atoms with van der Waals surface area (Å²) in [5, 5.41) is 0. The quantitative estimate of drug-likeness (QED) is 0.775. The molecule has 0 unspecified atom stereocenters. The van der Waals surface area contributed by atoms with Crippen molar-refractivity contribution in [1.29, 1.82) is 0 Å². The van der Waals surface area contributed by atoms with Crippen molar-refractivity contribution < 1.29 is 8.78 Å². The van der Waals surface area contributed by atoms with Crippen LogP contribution in [0, 0.1) is 17.6 Å². The summed E-state index contributed by atoms with van der Waals surface area (Å²) in [6, 6.07) is 3.31. The van der Waals surface area contributed by atoms with Crippen molar-refractivity contribution in [3.63, 3.8) is 0 Å². The molecule has 3 heteroatoms. The highest BCUT2D eigenvalue weighted by molar-refractivity contribution is 5.22. The standard InChI is InChI=1S/C11H13F2N/c12-9-4-8(5-10(13)6-9)11(14)7-2-1-3-7/h4-7,11H,1-3,14H2/t11-/m0/s1. The Balaban J connectivity index is 2.21. The first-order valence-electron chi connectivity index (χ1n) is 4.88. The van der Waals surface area contributed by atoms with Crippen LogP contribution in [0.15, 0.2) is 18.2 Å². The average molecular weight is 197 g/mol. The Bertz CT molecular complexity index is 314. The van der Waals surface area contributed by atoms with Crippen LogP contribution < -0.4 is 5.73 Å². The first-order chi connectivity index (χ1) is 6.66. The van der Waals surface area contributed by atoms with E-state index in [9.17, 15) is 8.78 Å². The molecule has 1 atom stereocenters. The fourth-order valence-electron chi connectivity index (χ4n) is 1.84. The van der Waals surface area contributed by atoms with Gasteiger partial charge in [0.05, 0.1) is 0 Å². The Morgan fingerprint density at radius 3 is 2.14 bits per heavy atom. The lowest BCUT2D eigenvalue weighted by molar-refractivity contribution is 0.263. The molecule has 0 saturated heterocycles. The molecule has 1 fully saturated rings. The first kappa shape index (κ1) is 9.59. The summed E-state index contributed by atoms with van der Waals surface area (Å²) in [4.78, 5) is 0. The van der Waals surface area contributed by atoms with Gasteiger partial charge in [0.15, 0.2) is 0 Å². The van der Waals surface area contributed by atoms with Crippen molar-refractivity contribution in [3.8, 4) is 0 Å². The number of hydrogen-bond acceptors (Lipinski definition) is 1. The first-order valence-corrected chi connectivity index (χ1v) is 4.88. The van der Waals surface area contributed by atoms with Crippen molar-refractivity contribution >= 4 is 0 Å². The lowest BCUT2D eigenvalue weighted by Gasteiger charge is -2.31. The van der Waals surface area contributed by atoms with E-state index in [2.05, 4.69) is 0 Å². The zero-order valence-corrected chi connectivity index (χ0v) is 7.84. The largest absolute Gasteiger partial charge is 0.324 e.